The lowest BCUT2D eigenvalue weighted by molar-refractivity contribution is -0.116. The van der Waals surface area contributed by atoms with E-state index < -0.39 is 17.2 Å². The predicted molar refractivity (Wildman–Crippen MR) is 123 cm³/mol. The number of nitrogens with zero attached hydrogens (tertiary/aromatic N) is 2. The standard InChI is InChI=1S/C22H18ClN3O4S/c1-13-7-8-14(11-15(13)23)24-19(27)12-25-17-9-10-31-20(17)21(28)26(22(25)29)16-5-3-4-6-18(16)30-2/h3-11H,12H2,1-2H3,(H,24,27). The van der Waals surface area contributed by atoms with Crippen LogP contribution in [-0.4, -0.2) is 22.2 Å². The molecule has 158 valence electrons. The predicted octanol–water partition coefficient (Wildman–Crippen LogP) is 3.82. The lowest BCUT2D eigenvalue weighted by atomic mass is 10.2. The third-order valence-corrected chi connectivity index (χ3v) is 6.14. The third-order valence-electron chi connectivity index (χ3n) is 4.84. The normalized spacial score (nSPS) is 10.9. The molecule has 2 aromatic heterocycles. The second-order valence-corrected chi connectivity index (χ2v) is 8.15. The Hall–Kier alpha value is -3.36. The number of halogens is 1. The third kappa shape index (κ3) is 3.87. The van der Waals surface area contributed by atoms with Crippen LogP contribution in [0.25, 0.3) is 15.9 Å². The monoisotopic (exact) mass is 455 g/mol. The number of aromatic nitrogens is 2. The smallest absolute Gasteiger partial charge is 0.336 e. The van der Waals surface area contributed by atoms with E-state index in [2.05, 4.69) is 5.32 Å². The minimum absolute atomic E-state index is 0.271. The molecule has 2 aromatic carbocycles. The summed E-state index contributed by atoms with van der Waals surface area (Å²) in [6.45, 7) is 1.59. The van der Waals surface area contributed by atoms with Gasteiger partial charge >= 0.3 is 5.69 Å². The first-order valence-electron chi connectivity index (χ1n) is 9.33. The quantitative estimate of drug-likeness (QED) is 0.496. The number of fused-ring (bicyclic) bond motifs is 1. The average Bonchev–Trinajstić information content (AvgIpc) is 3.24. The Morgan fingerprint density at radius 3 is 2.68 bits per heavy atom. The van der Waals surface area contributed by atoms with Gasteiger partial charge in [0.15, 0.2) is 0 Å². The van der Waals surface area contributed by atoms with Crippen molar-refractivity contribution < 1.29 is 9.53 Å². The molecule has 4 aromatic rings. The summed E-state index contributed by atoms with van der Waals surface area (Å²) in [6.07, 6.45) is 0. The number of hydrogen-bond donors (Lipinski definition) is 1. The number of rotatable bonds is 5. The molecule has 2 heterocycles. The van der Waals surface area contributed by atoms with Crippen molar-refractivity contribution >= 4 is 44.7 Å². The van der Waals surface area contributed by atoms with Crippen molar-refractivity contribution in [2.75, 3.05) is 12.4 Å². The molecule has 0 bridgehead atoms. The topological polar surface area (TPSA) is 82.3 Å². The number of benzene rings is 2. The molecule has 1 N–H and O–H groups in total. The molecule has 9 heteroatoms. The molecule has 0 atom stereocenters. The van der Waals surface area contributed by atoms with E-state index in [1.54, 1.807) is 53.9 Å². The Labute approximate surface area is 186 Å². The molecule has 4 rings (SSSR count). The van der Waals surface area contributed by atoms with Gasteiger partial charge in [-0.3, -0.25) is 14.2 Å². The van der Waals surface area contributed by atoms with Crippen LogP contribution < -0.4 is 21.3 Å². The molecule has 0 saturated carbocycles. The van der Waals surface area contributed by atoms with Crippen LogP contribution in [0, 0.1) is 6.92 Å². The number of ether oxygens (including phenoxy) is 1. The Kier molecular flexibility index (Phi) is 5.67. The summed E-state index contributed by atoms with van der Waals surface area (Å²) in [6, 6.07) is 13.6. The van der Waals surface area contributed by atoms with Gasteiger partial charge in [0.1, 0.15) is 17.0 Å². The number of amides is 1. The van der Waals surface area contributed by atoms with Gasteiger partial charge < -0.3 is 10.1 Å². The molecule has 0 spiro atoms. The van der Waals surface area contributed by atoms with Crippen molar-refractivity contribution in [3.63, 3.8) is 0 Å². The van der Waals surface area contributed by atoms with Crippen LogP contribution in [0.1, 0.15) is 5.56 Å². The zero-order chi connectivity index (χ0) is 22.1. The zero-order valence-corrected chi connectivity index (χ0v) is 18.3. The first-order valence-corrected chi connectivity index (χ1v) is 10.6. The van der Waals surface area contributed by atoms with Crippen LogP contribution in [-0.2, 0) is 11.3 Å². The molecule has 1 amide bonds. The second-order valence-electron chi connectivity index (χ2n) is 6.83. The summed E-state index contributed by atoms with van der Waals surface area (Å²) >= 11 is 7.34. The number of aryl methyl sites for hydroxylation is 1. The summed E-state index contributed by atoms with van der Waals surface area (Å²) in [5.74, 6) is -0.0392. The van der Waals surface area contributed by atoms with Crippen molar-refractivity contribution in [2.45, 2.75) is 13.5 Å². The van der Waals surface area contributed by atoms with Gasteiger partial charge in [-0.25, -0.2) is 9.36 Å². The summed E-state index contributed by atoms with van der Waals surface area (Å²) < 4.78 is 8.02. The maximum atomic E-state index is 13.3. The Morgan fingerprint density at radius 2 is 1.94 bits per heavy atom. The van der Waals surface area contributed by atoms with Crippen LogP contribution in [0.3, 0.4) is 0 Å². The van der Waals surface area contributed by atoms with Crippen molar-refractivity contribution in [3.8, 4) is 11.4 Å². The maximum absolute atomic E-state index is 13.3. The van der Waals surface area contributed by atoms with E-state index in [1.165, 1.54) is 23.0 Å². The van der Waals surface area contributed by atoms with Crippen LogP contribution in [0.5, 0.6) is 5.75 Å². The van der Waals surface area contributed by atoms with E-state index in [9.17, 15) is 14.4 Å². The fraction of sp³-hybridized carbons (Fsp3) is 0.136. The van der Waals surface area contributed by atoms with Gasteiger partial charge in [0.25, 0.3) is 5.56 Å². The minimum Gasteiger partial charge on any atom is -0.495 e. The number of thiophene rings is 1. The van der Waals surface area contributed by atoms with Gasteiger partial charge in [-0.1, -0.05) is 29.8 Å². The van der Waals surface area contributed by atoms with Gasteiger partial charge in [-0.05, 0) is 48.2 Å². The largest absolute Gasteiger partial charge is 0.495 e. The van der Waals surface area contributed by atoms with E-state index >= 15 is 0 Å². The van der Waals surface area contributed by atoms with Gasteiger partial charge in [0.2, 0.25) is 5.91 Å². The van der Waals surface area contributed by atoms with E-state index in [0.717, 1.165) is 10.1 Å². The van der Waals surface area contributed by atoms with Crippen molar-refractivity contribution in [2.24, 2.45) is 0 Å². The number of para-hydroxylation sites is 2. The van der Waals surface area contributed by atoms with Crippen molar-refractivity contribution in [3.05, 3.63) is 85.3 Å². The zero-order valence-electron chi connectivity index (χ0n) is 16.7. The highest BCUT2D eigenvalue weighted by molar-refractivity contribution is 7.17. The second kappa shape index (κ2) is 8.41. The van der Waals surface area contributed by atoms with Crippen LogP contribution in [0.4, 0.5) is 5.69 Å². The lowest BCUT2D eigenvalue weighted by Gasteiger charge is -2.14. The molecule has 0 aliphatic heterocycles. The number of hydrogen-bond acceptors (Lipinski definition) is 5. The molecule has 0 fully saturated rings. The fourth-order valence-corrected chi connectivity index (χ4v) is 4.29. The summed E-state index contributed by atoms with van der Waals surface area (Å²) in [5, 5.41) is 4.99. The molecular weight excluding hydrogens is 438 g/mol. The number of methoxy groups -OCH3 is 1. The number of anilines is 1. The first kappa shape index (κ1) is 20.9. The van der Waals surface area contributed by atoms with Crippen molar-refractivity contribution in [1.82, 2.24) is 9.13 Å². The van der Waals surface area contributed by atoms with E-state index in [4.69, 9.17) is 16.3 Å². The summed E-state index contributed by atoms with van der Waals surface area (Å²) in [7, 11) is 1.46. The maximum Gasteiger partial charge on any atom is 0.336 e. The Bertz CT molecular complexity index is 1420. The molecule has 31 heavy (non-hydrogen) atoms. The van der Waals surface area contributed by atoms with Gasteiger partial charge in [0, 0.05) is 10.7 Å². The van der Waals surface area contributed by atoms with Crippen LogP contribution in [0.2, 0.25) is 5.02 Å². The number of carbonyl (C=O) groups is 1. The molecule has 7 nitrogen and oxygen atoms in total. The SMILES string of the molecule is COc1ccccc1-n1c(=O)c2sccc2n(CC(=O)Nc2ccc(C)c(Cl)c2)c1=O. The van der Waals surface area contributed by atoms with Gasteiger partial charge in [0.05, 0.1) is 18.3 Å². The van der Waals surface area contributed by atoms with Gasteiger partial charge in [-0.15, -0.1) is 11.3 Å². The fourth-order valence-electron chi connectivity index (χ4n) is 3.28. The highest BCUT2D eigenvalue weighted by atomic mass is 35.5. The lowest BCUT2D eigenvalue weighted by Crippen LogP contribution is -2.40. The molecule has 0 aliphatic carbocycles. The van der Waals surface area contributed by atoms with E-state index in [-0.39, 0.29) is 6.54 Å². The van der Waals surface area contributed by atoms with E-state index in [1.807, 2.05) is 6.92 Å². The van der Waals surface area contributed by atoms with Crippen molar-refractivity contribution in [1.29, 1.82) is 0 Å². The Morgan fingerprint density at radius 1 is 1.16 bits per heavy atom. The highest BCUT2D eigenvalue weighted by Gasteiger charge is 2.19. The molecule has 0 unspecified atom stereocenters. The summed E-state index contributed by atoms with van der Waals surface area (Å²) in [4.78, 5) is 39.1. The first-order chi connectivity index (χ1) is 14.9. The van der Waals surface area contributed by atoms with Crippen LogP contribution in [0.15, 0.2) is 63.5 Å². The molecule has 0 saturated heterocycles. The van der Waals surface area contributed by atoms with Crippen LogP contribution >= 0.6 is 22.9 Å². The van der Waals surface area contributed by atoms with Gasteiger partial charge in [-0.2, -0.15) is 0 Å². The Balaban J connectivity index is 1.80. The van der Waals surface area contributed by atoms with E-state index in [0.29, 0.717) is 32.4 Å². The molecular formula is C22H18ClN3O4S. The highest BCUT2D eigenvalue weighted by Crippen LogP contribution is 2.23. The molecule has 0 radical (unpaired) electrons. The molecule has 0 aliphatic rings. The number of nitrogens with one attached hydrogen (secondary N) is 1. The number of carbonyl (C=O) groups excluding carboxylic acids is 1. The minimum atomic E-state index is -0.627. The average molecular weight is 456 g/mol. The summed E-state index contributed by atoms with van der Waals surface area (Å²) in [5.41, 5.74) is 1.05.